The maximum atomic E-state index is 13.3. The van der Waals surface area contributed by atoms with Gasteiger partial charge in [0.25, 0.3) is 5.91 Å². The molecule has 2 aromatic rings. The van der Waals surface area contributed by atoms with Crippen LogP contribution in [0.4, 0.5) is 19.0 Å². The van der Waals surface area contributed by atoms with Crippen LogP contribution in [0.1, 0.15) is 35.9 Å². The molecule has 2 N–H and O–H groups in total. The first-order valence-corrected chi connectivity index (χ1v) is 8.34. The number of hydrogen-bond donors (Lipinski definition) is 2. The van der Waals surface area contributed by atoms with Gasteiger partial charge in [-0.3, -0.25) is 9.48 Å². The first kappa shape index (κ1) is 20.3. The summed E-state index contributed by atoms with van der Waals surface area (Å²) < 4.78 is 40.6. The lowest BCUT2D eigenvalue weighted by Gasteiger charge is -2.15. The number of alkyl halides is 3. The predicted molar refractivity (Wildman–Crippen MR) is 92.7 cm³/mol. The highest BCUT2D eigenvalue weighted by Crippen LogP contribution is 2.33. The fourth-order valence-electron chi connectivity index (χ4n) is 2.20. The van der Waals surface area contributed by atoms with Crippen molar-refractivity contribution >= 4 is 34.9 Å². The van der Waals surface area contributed by atoms with Gasteiger partial charge in [0.1, 0.15) is 5.82 Å². The molecule has 1 amide bonds. The third-order valence-electron chi connectivity index (χ3n) is 3.31. The molecule has 0 unspecified atom stereocenters. The minimum atomic E-state index is -4.69. The van der Waals surface area contributed by atoms with Crippen LogP contribution in [-0.2, 0) is 6.18 Å². The van der Waals surface area contributed by atoms with Crippen LogP contribution in [0.5, 0.6) is 0 Å². The third kappa shape index (κ3) is 4.79. The molecule has 0 radical (unpaired) electrons. The molecular formula is C15H16Cl2F3N5O. The van der Waals surface area contributed by atoms with Crippen LogP contribution in [0.15, 0.2) is 18.5 Å². The smallest absolute Gasteiger partial charge is 0.367 e. The minimum absolute atomic E-state index is 0.0592. The van der Waals surface area contributed by atoms with Gasteiger partial charge in [0.15, 0.2) is 5.69 Å². The molecule has 0 saturated carbocycles. The van der Waals surface area contributed by atoms with Gasteiger partial charge in [0, 0.05) is 25.3 Å². The molecule has 2 rings (SSSR count). The van der Waals surface area contributed by atoms with Gasteiger partial charge >= 0.3 is 6.18 Å². The number of nitrogens with zero attached hydrogens (tertiary/aromatic N) is 3. The van der Waals surface area contributed by atoms with Crippen LogP contribution in [0.3, 0.4) is 0 Å². The van der Waals surface area contributed by atoms with E-state index in [4.69, 9.17) is 23.2 Å². The van der Waals surface area contributed by atoms with Crippen molar-refractivity contribution in [2.24, 2.45) is 0 Å². The number of amides is 1. The summed E-state index contributed by atoms with van der Waals surface area (Å²) >= 11 is 11.7. The highest BCUT2D eigenvalue weighted by molar-refractivity contribution is 6.35. The standard InChI is InChI=1S/C15H16Cl2F3N5O/c1-8(2)25-12(15(18,19)20)10(7-24-25)14(26)22-4-3-21-13-11(17)5-9(16)6-23-13/h5-8H,3-4H2,1-2H3,(H,21,23)(H,22,26). The Bertz CT molecular complexity index is 792. The molecule has 0 aromatic carbocycles. The second-order valence-electron chi connectivity index (χ2n) is 5.61. The van der Waals surface area contributed by atoms with Crippen LogP contribution >= 0.6 is 23.2 Å². The molecular weight excluding hydrogens is 394 g/mol. The molecule has 0 atom stereocenters. The van der Waals surface area contributed by atoms with Crippen LogP contribution in [0.2, 0.25) is 10.0 Å². The number of carbonyl (C=O) groups excluding carboxylic acids is 1. The number of pyridine rings is 1. The summed E-state index contributed by atoms with van der Waals surface area (Å²) in [6.07, 6.45) is -2.38. The van der Waals surface area contributed by atoms with Crippen molar-refractivity contribution in [1.82, 2.24) is 20.1 Å². The van der Waals surface area contributed by atoms with E-state index in [1.807, 2.05) is 0 Å². The van der Waals surface area contributed by atoms with Crippen molar-refractivity contribution in [2.75, 3.05) is 18.4 Å². The highest BCUT2D eigenvalue weighted by atomic mass is 35.5. The minimum Gasteiger partial charge on any atom is -0.367 e. The zero-order chi connectivity index (χ0) is 19.5. The van der Waals surface area contributed by atoms with E-state index in [-0.39, 0.29) is 13.1 Å². The first-order chi connectivity index (χ1) is 12.1. The second-order valence-corrected chi connectivity index (χ2v) is 6.45. The van der Waals surface area contributed by atoms with Crippen LogP contribution in [0.25, 0.3) is 0 Å². The Morgan fingerprint density at radius 1 is 1.27 bits per heavy atom. The zero-order valence-electron chi connectivity index (χ0n) is 13.9. The van der Waals surface area contributed by atoms with Gasteiger partial charge in [-0.2, -0.15) is 18.3 Å². The Balaban J connectivity index is 2.00. The molecule has 26 heavy (non-hydrogen) atoms. The van der Waals surface area contributed by atoms with Crippen molar-refractivity contribution in [3.05, 3.63) is 39.8 Å². The zero-order valence-corrected chi connectivity index (χ0v) is 15.4. The largest absolute Gasteiger partial charge is 0.433 e. The quantitative estimate of drug-likeness (QED) is 0.706. The number of halogens is 5. The van der Waals surface area contributed by atoms with Crippen molar-refractivity contribution in [2.45, 2.75) is 26.1 Å². The molecule has 0 fully saturated rings. The molecule has 6 nitrogen and oxygen atoms in total. The van der Waals surface area contributed by atoms with E-state index in [9.17, 15) is 18.0 Å². The molecule has 0 aliphatic rings. The Morgan fingerprint density at radius 2 is 1.96 bits per heavy atom. The molecule has 0 bridgehead atoms. The predicted octanol–water partition coefficient (Wildman–Crippen LogP) is 4.03. The molecule has 142 valence electrons. The monoisotopic (exact) mass is 409 g/mol. The van der Waals surface area contributed by atoms with E-state index in [2.05, 4.69) is 20.7 Å². The summed E-state index contributed by atoms with van der Waals surface area (Å²) in [6.45, 7) is 3.37. The lowest BCUT2D eigenvalue weighted by atomic mass is 10.2. The van der Waals surface area contributed by atoms with Crippen LogP contribution < -0.4 is 10.6 Å². The van der Waals surface area contributed by atoms with Crippen LogP contribution in [-0.4, -0.2) is 33.8 Å². The van der Waals surface area contributed by atoms with Crippen molar-refractivity contribution in [3.63, 3.8) is 0 Å². The SMILES string of the molecule is CC(C)n1ncc(C(=O)NCCNc2ncc(Cl)cc2Cl)c1C(F)(F)F. The molecule has 0 aliphatic carbocycles. The Hall–Kier alpha value is -2.00. The molecule has 2 heterocycles. The third-order valence-corrected chi connectivity index (χ3v) is 3.80. The van der Waals surface area contributed by atoms with E-state index >= 15 is 0 Å². The molecule has 2 aromatic heterocycles. The molecule has 0 aliphatic heterocycles. The lowest BCUT2D eigenvalue weighted by Crippen LogP contribution is -2.31. The van der Waals surface area contributed by atoms with Crippen molar-refractivity contribution in [3.8, 4) is 0 Å². The fourth-order valence-corrected chi connectivity index (χ4v) is 2.65. The number of hydrogen-bond acceptors (Lipinski definition) is 4. The normalized spacial score (nSPS) is 11.7. The maximum Gasteiger partial charge on any atom is 0.433 e. The topological polar surface area (TPSA) is 71.8 Å². The lowest BCUT2D eigenvalue weighted by molar-refractivity contribution is -0.145. The summed E-state index contributed by atoms with van der Waals surface area (Å²) in [7, 11) is 0. The van der Waals surface area contributed by atoms with Gasteiger partial charge in [-0.1, -0.05) is 23.2 Å². The van der Waals surface area contributed by atoms with Gasteiger partial charge in [-0.15, -0.1) is 0 Å². The van der Waals surface area contributed by atoms with Gasteiger partial charge in [0.2, 0.25) is 0 Å². The number of aromatic nitrogens is 3. The number of carbonyl (C=O) groups is 1. The summed E-state index contributed by atoms with van der Waals surface area (Å²) in [4.78, 5) is 16.1. The Kier molecular flexibility index (Phi) is 6.35. The van der Waals surface area contributed by atoms with Crippen LogP contribution in [0, 0.1) is 0 Å². The van der Waals surface area contributed by atoms with E-state index in [0.29, 0.717) is 15.9 Å². The average Bonchev–Trinajstić information content (AvgIpc) is 2.98. The molecule has 11 heteroatoms. The van der Waals surface area contributed by atoms with Gasteiger partial charge < -0.3 is 10.6 Å². The second kappa shape index (κ2) is 8.13. The molecule has 0 spiro atoms. The van der Waals surface area contributed by atoms with E-state index in [0.717, 1.165) is 10.9 Å². The van der Waals surface area contributed by atoms with Gasteiger partial charge in [0.05, 0.1) is 21.8 Å². The van der Waals surface area contributed by atoms with E-state index in [1.165, 1.54) is 12.3 Å². The van der Waals surface area contributed by atoms with Crippen molar-refractivity contribution < 1.29 is 18.0 Å². The van der Waals surface area contributed by atoms with E-state index in [1.54, 1.807) is 13.8 Å². The Morgan fingerprint density at radius 3 is 2.54 bits per heavy atom. The molecule has 0 saturated heterocycles. The summed E-state index contributed by atoms with van der Waals surface area (Å²) in [5, 5.41) is 9.61. The van der Waals surface area contributed by atoms with Crippen molar-refractivity contribution in [1.29, 1.82) is 0 Å². The first-order valence-electron chi connectivity index (χ1n) is 7.59. The van der Waals surface area contributed by atoms with Gasteiger partial charge in [-0.05, 0) is 19.9 Å². The average molecular weight is 410 g/mol. The highest BCUT2D eigenvalue weighted by Gasteiger charge is 2.40. The van der Waals surface area contributed by atoms with Gasteiger partial charge in [-0.25, -0.2) is 4.98 Å². The maximum absolute atomic E-state index is 13.3. The summed E-state index contributed by atoms with van der Waals surface area (Å²) in [5.74, 6) is -0.505. The summed E-state index contributed by atoms with van der Waals surface area (Å²) in [6, 6.07) is 0.959. The number of rotatable bonds is 6. The fraction of sp³-hybridized carbons (Fsp3) is 0.400. The summed E-state index contributed by atoms with van der Waals surface area (Å²) in [5.41, 5.74) is -1.59. The number of nitrogens with one attached hydrogen (secondary N) is 2. The van der Waals surface area contributed by atoms with E-state index < -0.39 is 29.4 Å². The number of anilines is 1. The Labute approximate surface area is 157 Å².